The number of rotatable bonds is 8. The highest BCUT2D eigenvalue weighted by Crippen LogP contribution is 2.32. The zero-order valence-electron chi connectivity index (χ0n) is 12.8. The maximum absolute atomic E-state index is 12.5. The molecule has 0 unspecified atom stereocenters. The van der Waals surface area contributed by atoms with Crippen molar-refractivity contribution in [2.24, 2.45) is 0 Å². The molecule has 2 aromatic rings. The van der Waals surface area contributed by atoms with Crippen molar-refractivity contribution in [2.45, 2.75) is 6.61 Å². The zero-order chi connectivity index (χ0) is 17.4. The first kappa shape index (κ1) is 17.4. The quantitative estimate of drug-likeness (QED) is 0.716. The molecule has 0 spiro atoms. The Hall–Kier alpha value is -2.97. The summed E-state index contributed by atoms with van der Waals surface area (Å²) in [6.45, 7) is -2.42. The van der Waals surface area contributed by atoms with Gasteiger partial charge >= 0.3 is 6.61 Å². The third kappa shape index (κ3) is 4.77. The van der Waals surface area contributed by atoms with Crippen molar-refractivity contribution < 1.29 is 23.0 Å². The van der Waals surface area contributed by atoms with Gasteiger partial charge in [0, 0.05) is 25.5 Å². The number of nitrogens with zero attached hydrogens (tertiary/aromatic N) is 2. The fourth-order valence-corrected chi connectivity index (χ4v) is 1.92. The molecule has 1 heterocycles. The number of hydrogen-bond acceptors (Lipinski definition) is 6. The number of benzene rings is 1. The lowest BCUT2D eigenvalue weighted by Crippen LogP contribution is -2.29. The number of alkyl halides is 2. The molecule has 2 N–H and O–H groups in total. The van der Waals surface area contributed by atoms with E-state index in [0.29, 0.717) is 12.4 Å². The Morgan fingerprint density at radius 1 is 1.29 bits per heavy atom. The molecule has 0 atom stereocenters. The molecule has 0 bridgehead atoms. The van der Waals surface area contributed by atoms with E-state index in [1.54, 1.807) is 12.4 Å². The first-order chi connectivity index (χ1) is 11.6. The average molecular weight is 338 g/mol. The SMILES string of the molecule is COc1cccc(C(=O)NCCNc2cnccn2)c1OC(F)F. The van der Waals surface area contributed by atoms with Gasteiger partial charge < -0.3 is 20.1 Å². The topological polar surface area (TPSA) is 85.4 Å². The van der Waals surface area contributed by atoms with Crippen LogP contribution in [-0.2, 0) is 0 Å². The minimum absolute atomic E-state index is 0.0332. The minimum Gasteiger partial charge on any atom is -0.493 e. The lowest BCUT2D eigenvalue weighted by Gasteiger charge is -2.14. The molecule has 0 aliphatic rings. The third-order valence-electron chi connectivity index (χ3n) is 2.93. The summed E-state index contributed by atoms with van der Waals surface area (Å²) in [5, 5.41) is 5.56. The number of nitrogens with one attached hydrogen (secondary N) is 2. The monoisotopic (exact) mass is 338 g/mol. The summed E-state index contributed by atoms with van der Waals surface area (Å²) in [4.78, 5) is 20.1. The highest BCUT2D eigenvalue weighted by atomic mass is 19.3. The molecule has 1 amide bonds. The van der Waals surface area contributed by atoms with Gasteiger partial charge in [0.25, 0.3) is 5.91 Å². The molecular formula is C15H16F2N4O3. The molecule has 0 aliphatic heterocycles. The van der Waals surface area contributed by atoms with Crippen LogP contribution in [0.15, 0.2) is 36.8 Å². The predicted molar refractivity (Wildman–Crippen MR) is 82.5 cm³/mol. The van der Waals surface area contributed by atoms with E-state index in [1.807, 2.05) is 0 Å². The number of aromatic nitrogens is 2. The summed E-state index contributed by atoms with van der Waals surface area (Å²) in [6, 6.07) is 4.33. The van der Waals surface area contributed by atoms with Crippen LogP contribution in [0, 0.1) is 0 Å². The zero-order valence-corrected chi connectivity index (χ0v) is 12.8. The van der Waals surface area contributed by atoms with E-state index in [4.69, 9.17) is 4.74 Å². The van der Waals surface area contributed by atoms with Crippen LogP contribution >= 0.6 is 0 Å². The molecular weight excluding hydrogens is 322 g/mol. The van der Waals surface area contributed by atoms with Gasteiger partial charge in [-0.15, -0.1) is 0 Å². The Bertz CT molecular complexity index is 671. The van der Waals surface area contributed by atoms with Crippen LogP contribution in [0.5, 0.6) is 11.5 Å². The number of para-hydroxylation sites is 1. The number of hydrogen-bond donors (Lipinski definition) is 2. The fraction of sp³-hybridized carbons (Fsp3) is 0.267. The lowest BCUT2D eigenvalue weighted by atomic mass is 10.1. The average Bonchev–Trinajstić information content (AvgIpc) is 2.59. The summed E-state index contributed by atoms with van der Waals surface area (Å²) >= 11 is 0. The van der Waals surface area contributed by atoms with Crippen LogP contribution in [0.2, 0.25) is 0 Å². The van der Waals surface area contributed by atoms with Crippen molar-refractivity contribution >= 4 is 11.7 Å². The molecule has 0 aliphatic carbocycles. The van der Waals surface area contributed by atoms with Crippen LogP contribution in [0.1, 0.15) is 10.4 Å². The molecule has 7 nitrogen and oxygen atoms in total. The molecule has 1 aromatic heterocycles. The summed E-state index contributed by atoms with van der Waals surface area (Å²) in [5.74, 6) is -0.227. The van der Waals surface area contributed by atoms with Crippen molar-refractivity contribution in [3.05, 3.63) is 42.4 Å². The second kappa shape index (κ2) is 8.61. The van der Waals surface area contributed by atoms with Crippen LogP contribution in [-0.4, -0.2) is 42.7 Å². The smallest absolute Gasteiger partial charge is 0.387 e. The van der Waals surface area contributed by atoms with E-state index in [2.05, 4.69) is 25.3 Å². The van der Waals surface area contributed by atoms with Crippen LogP contribution < -0.4 is 20.1 Å². The maximum Gasteiger partial charge on any atom is 0.387 e. The molecule has 128 valence electrons. The van der Waals surface area contributed by atoms with Crippen LogP contribution in [0.25, 0.3) is 0 Å². The van der Waals surface area contributed by atoms with Gasteiger partial charge in [-0.25, -0.2) is 4.98 Å². The Morgan fingerprint density at radius 2 is 2.12 bits per heavy atom. The Balaban J connectivity index is 1.96. The van der Waals surface area contributed by atoms with Gasteiger partial charge in [-0.2, -0.15) is 8.78 Å². The number of methoxy groups -OCH3 is 1. The molecule has 9 heteroatoms. The van der Waals surface area contributed by atoms with Crippen molar-refractivity contribution in [1.82, 2.24) is 15.3 Å². The fourth-order valence-electron chi connectivity index (χ4n) is 1.92. The molecule has 24 heavy (non-hydrogen) atoms. The largest absolute Gasteiger partial charge is 0.493 e. The number of ether oxygens (including phenoxy) is 2. The van der Waals surface area contributed by atoms with Gasteiger partial charge in [-0.05, 0) is 12.1 Å². The molecule has 2 rings (SSSR count). The summed E-state index contributed by atoms with van der Waals surface area (Å²) in [5.41, 5.74) is -0.0332. The van der Waals surface area contributed by atoms with Crippen molar-refractivity contribution in [3.63, 3.8) is 0 Å². The van der Waals surface area contributed by atoms with E-state index in [9.17, 15) is 13.6 Å². The number of carbonyl (C=O) groups excluding carboxylic acids is 1. The molecule has 0 saturated carbocycles. The second-order valence-electron chi connectivity index (χ2n) is 4.49. The van der Waals surface area contributed by atoms with E-state index in [1.165, 1.54) is 31.5 Å². The number of amides is 1. The first-order valence-electron chi connectivity index (χ1n) is 7.01. The normalized spacial score (nSPS) is 10.3. The van der Waals surface area contributed by atoms with E-state index < -0.39 is 12.5 Å². The molecule has 1 aromatic carbocycles. The number of halogens is 2. The second-order valence-corrected chi connectivity index (χ2v) is 4.49. The summed E-state index contributed by atoms with van der Waals surface area (Å²) in [6.07, 6.45) is 4.61. The van der Waals surface area contributed by atoms with Gasteiger partial charge in [-0.3, -0.25) is 9.78 Å². The van der Waals surface area contributed by atoms with Crippen molar-refractivity contribution in [2.75, 3.05) is 25.5 Å². The first-order valence-corrected chi connectivity index (χ1v) is 7.01. The van der Waals surface area contributed by atoms with Crippen LogP contribution in [0.3, 0.4) is 0 Å². The molecule has 0 fully saturated rings. The lowest BCUT2D eigenvalue weighted by molar-refractivity contribution is -0.0515. The number of carbonyl (C=O) groups is 1. The van der Waals surface area contributed by atoms with Crippen molar-refractivity contribution in [1.29, 1.82) is 0 Å². The highest BCUT2D eigenvalue weighted by Gasteiger charge is 2.19. The van der Waals surface area contributed by atoms with Gasteiger partial charge in [0.2, 0.25) is 0 Å². The van der Waals surface area contributed by atoms with E-state index in [0.717, 1.165) is 0 Å². The van der Waals surface area contributed by atoms with Gasteiger partial charge in [0.05, 0.1) is 18.9 Å². The van der Waals surface area contributed by atoms with Crippen LogP contribution in [0.4, 0.5) is 14.6 Å². The van der Waals surface area contributed by atoms with Gasteiger partial charge in [0.1, 0.15) is 5.82 Å². The molecule has 0 radical (unpaired) electrons. The van der Waals surface area contributed by atoms with Crippen molar-refractivity contribution in [3.8, 4) is 11.5 Å². The molecule has 0 saturated heterocycles. The Morgan fingerprint density at radius 3 is 2.79 bits per heavy atom. The predicted octanol–water partition coefficient (Wildman–Crippen LogP) is 1.93. The standard InChI is InChI=1S/C15H16F2N4O3/c1-23-11-4-2-3-10(13(11)24-15(16)17)14(22)21-8-7-20-12-9-18-5-6-19-12/h2-6,9,15H,7-8H2,1H3,(H,19,20)(H,21,22). The third-order valence-corrected chi connectivity index (χ3v) is 2.93. The maximum atomic E-state index is 12.5. The minimum atomic E-state index is -3.06. The Labute approximate surface area is 137 Å². The summed E-state index contributed by atoms with van der Waals surface area (Å²) < 4.78 is 34.5. The Kier molecular flexibility index (Phi) is 6.23. The summed E-state index contributed by atoms with van der Waals surface area (Å²) in [7, 11) is 1.31. The highest BCUT2D eigenvalue weighted by molar-refractivity contribution is 5.97. The van der Waals surface area contributed by atoms with E-state index in [-0.39, 0.29) is 23.6 Å². The van der Waals surface area contributed by atoms with Gasteiger partial charge in [-0.1, -0.05) is 6.07 Å². The number of anilines is 1. The van der Waals surface area contributed by atoms with E-state index >= 15 is 0 Å². The van der Waals surface area contributed by atoms with Gasteiger partial charge in [0.15, 0.2) is 11.5 Å².